The van der Waals surface area contributed by atoms with Crippen LogP contribution in [0.1, 0.15) is 12.5 Å². The first-order valence-electron chi connectivity index (χ1n) is 8.02. The zero-order chi connectivity index (χ0) is 19.6. The predicted molar refractivity (Wildman–Crippen MR) is 106 cm³/mol. The van der Waals surface area contributed by atoms with Crippen molar-refractivity contribution in [2.75, 3.05) is 18.5 Å². The second kappa shape index (κ2) is 10.2. The average Bonchev–Trinajstić information content (AvgIpc) is 2.63. The van der Waals surface area contributed by atoms with Gasteiger partial charge in [0.2, 0.25) is 0 Å². The summed E-state index contributed by atoms with van der Waals surface area (Å²) in [7, 11) is 0. The van der Waals surface area contributed by atoms with E-state index in [-0.39, 0.29) is 12.5 Å². The van der Waals surface area contributed by atoms with E-state index in [2.05, 4.69) is 31.8 Å². The number of para-hydroxylation sites is 1. The van der Waals surface area contributed by atoms with Gasteiger partial charge in [-0.25, -0.2) is 10.2 Å². The minimum Gasteiger partial charge on any atom is -0.490 e. The number of hydrogen-bond donors (Lipinski definition) is 3. The first-order chi connectivity index (χ1) is 13.0. The Morgan fingerprint density at radius 1 is 1.19 bits per heavy atom. The van der Waals surface area contributed by atoms with Gasteiger partial charge in [0.15, 0.2) is 18.1 Å². The molecule has 0 aliphatic carbocycles. The molecule has 9 heteroatoms. The Morgan fingerprint density at radius 3 is 2.56 bits per heavy atom. The Morgan fingerprint density at radius 2 is 1.89 bits per heavy atom. The van der Waals surface area contributed by atoms with Crippen molar-refractivity contribution in [3.8, 4) is 11.5 Å². The minimum absolute atomic E-state index is 0.182. The van der Waals surface area contributed by atoms with Crippen LogP contribution in [0.5, 0.6) is 11.5 Å². The van der Waals surface area contributed by atoms with Gasteiger partial charge >= 0.3 is 6.03 Å². The Bertz CT molecular complexity index is 828. The number of amides is 3. The summed E-state index contributed by atoms with van der Waals surface area (Å²) < 4.78 is 11.8. The standard InChI is InChI=1S/C18H19BrN4O4/c1-2-26-15-8-12(10-21-23-18(20)25)14(19)9-16(15)27-11-17(24)22-13-6-4-3-5-7-13/h3-10H,2,11H2,1H3,(H,22,24)(H3,20,23,25)/b21-10-. The number of hydrazone groups is 1. The highest BCUT2D eigenvalue weighted by molar-refractivity contribution is 9.10. The molecule has 0 atom stereocenters. The fraction of sp³-hybridized carbons (Fsp3) is 0.167. The number of primary amides is 1. The molecule has 0 saturated carbocycles. The van der Waals surface area contributed by atoms with Crippen molar-refractivity contribution in [1.82, 2.24) is 5.43 Å². The van der Waals surface area contributed by atoms with Crippen LogP contribution < -0.4 is 25.9 Å². The molecule has 0 fully saturated rings. The maximum atomic E-state index is 12.1. The van der Waals surface area contributed by atoms with Crippen LogP contribution in [-0.4, -0.2) is 31.4 Å². The Labute approximate surface area is 164 Å². The molecule has 2 aromatic rings. The maximum absolute atomic E-state index is 12.1. The molecule has 0 aromatic heterocycles. The molecule has 142 valence electrons. The number of anilines is 1. The lowest BCUT2D eigenvalue weighted by Gasteiger charge is -2.14. The van der Waals surface area contributed by atoms with Gasteiger partial charge in [0.1, 0.15) is 0 Å². The topological polar surface area (TPSA) is 115 Å². The number of ether oxygens (including phenoxy) is 2. The molecule has 2 aromatic carbocycles. The lowest BCUT2D eigenvalue weighted by Crippen LogP contribution is -2.24. The summed E-state index contributed by atoms with van der Waals surface area (Å²) in [5, 5.41) is 6.45. The highest BCUT2D eigenvalue weighted by atomic mass is 79.9. The van der Waals surface area contributed by atoms with Gasteiger partial charge in [0.25, 0.3) is 5.91 Å². The van der Waals surface area contributed by atoms with Gasteiger partial charge in [-0.15, -0.1) is 0 Å². The van der Waals surface area contributed by atoms with E-state index >= 15 is 0 Å². The smallest absolute Gasteiger partial charge is 0.332 e. The monoisotopic (exact) mass is 434 g/mol. The van der Waals surface area contributed by atoms with Crippen molar-refractivity contribution in [3.05, 3.63) is 52.5 Å². The van der Waals surface area contributed by atoms with Crippen molar-refractivity contribution in [1.29, 1.82) is 0 Å². The second-order valence-electron chi connectivity index (χ2n) is 5.19. The van der Waals surface area contributed by atoms with Crippen LogP contribution in [0.4, 0.5) is 10.5 Å². The number of hydrogen-bond acceptors (Lipinski definition) is 5. The van der Waals surface area contributed by atoms with Crippen LogP contribution in [0.2, 0.25) is 0 Å². The lowest BCUT2D eigenvalue weighted by atomic mass is 10.2. The van der Waals surface area contributed by atoms with E-state index in [1.165, 1.54) is 6.21 Å². The van der Waals surface area contributed by atoms with Crippen molar-refractivity contribution >= 4 is 39.8 Å². The summed E-state index contributed by atoms with van der Waals surface area (Å²) in [5.74, 6) is 0.539. The molecular formula is C18H19BrN4O4. The molecule has 0 aliphatic rings. The Balaban J connectivity index is 2.08. The number of rotatable bonds is 8. The van der Waals surface area contributed by atoms with Gasteiger partial charge in [-0.2, -0.15) is 5.10 Å². The van der Waals surface area contributed by atoms with E-state index in [4.69, 9.17) is 15.2 Å². The molecular weight excluding hydrogens is 416 g/mol. The Hall–Kier alpha value is -3.07. The third-order valence-corrected chi connectivity index (χ3v) is 3.84. The Kier molecular flexibility index (Phi) is 7.63. The number of nitrogens with two attached hydrogens (primary N) is 1. The molecule has 0 saturated heterocycles. The number of carbonyl (C=O) groups excluding carboxylic acids is 2. The van der Waals surface area contributed by atoms with Gasteiger partial charge in [0, 0.05) is 15.7 Å². The zero-order valence-electron chi connectivity index (χ0n) is 14.6. The first-order valence-corrected chi connectivity index (χ1v) is 8.81. The van der Waals surface area contributed by atoms with Crippen molar-refractivity contribution < 1.29 is 19.1 Å². The van der Waals surface area contributed by atoms with E-state index in [1.54, 1.807) is 24.3 Å². The number of nitrogens with one attached hydrogen (secondary N) is 2. The molecule has 0 heterocycles. The summed E-state index contributed by atoms with van der Waals surface area (Å²) in [6.07, 6.45) is 1.41. The molecule has 8 nitrogen and oxygen atoms in total. The largest absolute Gasteiger partial charge is 0.490 e. The van der Waals surface area contributed by atoms with Gasteiger partial charge in [0.05, 0.1) is 12.8 Å². The van der Waals surface area contributed by atoms with E-state index < -0.39 is 6.03 Å². The average molecular weight is 435 g/mol. The fourth-order valence-electron chi connectivity index (χ4n) is 2.06. The summed E-state index contributed by atoms with van der Waals surface area (Å²) in [6.45, 7) is 2.05. The summed E-state index contributed by atoms with van der Waals surface area (Å²) in [4.78, 5) is 22.7. The van der Waals surface area contributed by atoms with Crippen molar-refractivity contribution in [3.63, 3.8) is 0 Å². The normalized spacial score (nSPS) is 10.4. The molecule has 0 radical (unpaired) electrons. The van der Waals surface area contributed by atoms with Crippen molar-refractivity contribution in [2.24, 2.45) is 10.8 Å². The maximum Gasteiger partial charge on any atom is 0.332 e. The third-order valence-electron chi connectivity index (χ3n) is 3.16. The highest BCUT2D eigenvalue weighted by Crippen LogP contribution is 2.33. The molecule has 3 amide bonds. The van der Waals surface area contributed by atoms with Gasteiger partial charge in [-0.05, 0) is 47.1 Å². The molecule has 4 N–H and O–H groups in total. The molecule has 2 rings (SSSR count). The number of urea groups is 1. The van der Waals surface area contributed by atoms with Gasteiger partial charge < -0.3 is 20.5 Å². The van der Waals surface area contributed by atoms with Crippen LogP contribution in [0.25, 0.3) is 0 Å². The van der Waals surface area contributed by atoms with Gasteiger partial charge in [-0.3, -0.25) is 4.79 Å². The first kappa shape index (κ1) is 20.2. The third kappa shape index (κ3) is 6.63. The van der Waals surface area contributed by atoms with Crippen LogP contribution in [0, 0.1) is 0 Å². The molecule has 0 unspecified atom stereocenters. The molecule has 27 heavy (non-hydrogen) atoms. The summed E-state index contributed by atoms with van der Waals surface area (Å²) >= 11 is 3.39. The number of halogens is 1. The number of nitrogens with zero attached hydrogens (tertiary/aromatic N) is 1. The van der Waals surface area contributed by atoms with Crippen LogP contribution >= 0.6 is 15.9 Å². The van der Waals surface area contributed by atoms with E-state index in [0.29, 0.717) is 33.8 Å². The molecule has 0 bridgehead atoms. The van der Waals surface area contributed by atoms with E-state index in [9.17, 15) is 9.59 Å². The molecule has 0 aliphatic heterocycles. The SMILES string of the molecule is CCOc1cc(/C=N\NC(N)=O)c(Br)cc1OCC(=O)Nc1ccccc1. The number of benzene rings is 2. The van der Waals surface area contributed by atoms with E-state index in [1.807, 2.05) is 25.1 Å². The zero-order valence-corrected chi connectivity index (χ0v) is 16.2. The summed E-state index contributed by atoms with van der Waals surface area (Å²) in [5.41, 5.74) is 8.39. The summed E-state index contributed by atoms with van der Waals surface area (Å²) in [6, 6.07) is 11.7. The van der Waals surface area contributed by atoms with E-state index in [0.717, 1.165) is 0 Å². The van der Waals surface area contributed by atoms with Crippen molar-refractivity contribution in [2.45, 2.75) is 6.92 Å². The lowest BCUT2D eigenvalue weighted by molar-refractivity contribution is -0.118. The van der Waals surface area contributed by atoms with Crippen LogP contribution in [-0.2, 0) is 4.79 Å². The van der Waals surface area contributed by atoms with Gasteiger partial charge in [-0.1, -0.05) is 18.2 Å². The minimum atomic E-state index is -0.767. The van der Waals surface area contributed by atoms with Crippen LogP contribution in [0.15, 0.2) is 52.0 Å². The second-order valence-corrected chi connectivity index (χ2v) is 6.04. The predicted octanol–water partition coefficient (Wildman–Crippen LogP) is 2.87. The number of carbonyl (C=O) groups is 2. The quantitative estimate of drug-likeness (QED) is 0.437. The fourth-order valence-corrected chi connectivity index (χ4v) is 2.48. The highest BCUT2D eigenvalue weighted by Gasteiger charge is 2.12. The van der Waals surface area contributed by atoms with Crippen LogP contribution in [0.3, 0.4) is 0 Å². The molecule has 0 spiro atoms.